The monoisotopic (exact) mass is 907 g/mol. The van der Waals surface area contributed by atoms with E-state index in [1.807, 2.05) is 20.8 Å². The van der Waals surface area contributed by atoms with E-state index in [0.717, 1.165) is 25.7 Å². The van der Waals surface area contributed by atoms with E-state index in [-0.39, 0.29) is 108 Å². The molecule has 1 spiro atoms. The SMILES string of the molecule is COC1CCC(OC2CC(C3CCC(C4OC(C)(O)C(C)CC4C)O3)OC2C2(C)CC(C)C3(OC(CC4OC(O)(C(C)C(=O)[O-])C(C)C(OC)C4C)CC(OC)C3C)O2)OC1C.[Na+]. The predicted molar refractivity (Wildman–Crippen MR) is 222 cm³/mol. The van der Waals surface area contributed by atoms with Crippen LogP contribution in [-0.2, 0) is 56.9 Å². The number of methoxy groups -OCH3 is 3. The fraction of sp³-hybridized carbons (Fsp3) is 0.979. The number of carbonyl (C=O) groups is 1. The Hall–Kier alpha value is -0.0500. The van der Waals surface area contributed by atoms with E-state index in [9.17, 15) is 20.1 Å². The smallest absolute Gasteiger partial charge is 0.550 e. The Morgan fingerprint density at radius 3 is 2.08 bits per heavy atom. The Kier molecular flexibility index (Phi) is 16.7. The number of ether oxygens (including phenoxy) is 11. The molecule has 7 aliphatic rings. The van der Waals surface area contributed by atoms with Crippen LogP contribution >= 0.6 is 0 Å². The molecule has 0 saturated carbocycles. The van der Waals surface area contributed by atoms with Gasteiger partial charge in [-0.2, -0.15) is 0 Å². The predicted octanol–water partition coefficient (Wildman–Crippen LogP) is 1.49. The molecule has 7 saturated heterocycles. The van der Waals surface area contributed by atoms with E-state index < -0.39 is 71.5 Å². The summed E-state index contributed by atoms with van der Waals surface area (Å²) in [6.45, 7) is 19.5. The second-order valence-electron chi connectivity index (χ2n) is 21.0. The maximum atomic E-state index is 12.1. The van der Waals surface area contributed by atoms with Crippen LogP contribution in [0.15, 0.2) is 0 Å². The van der Waals surface area contributed by atoms with Crippen LogP contribution in [0.3, 0.4) is 0 Å². The Morgan fingerprint density at radius 1 is 0.762 bits per heavy atom. The van der Waals surface area contributed by atoms with Gasteiger partial charge in [0.2, 0.25) is 0 Å². The quantitative estimate of drug-likeness (QED) is 0.269. The van der Waals surface area contributed by atoms with Crippen LogP contribution in [0.4, 0.5) is 0 Å². The zero-order chi connectivity index (χ0) is 45.3. The number of aliphatic carboxylic acids is 1. The van der Waals surface area contributed by atoms with Crippen molar-refractivity contribution in [2.45, 2.75) is 230 Å². The molecular weight excluding hydrogens is 827 g/mol. The zero-order valence-corrected chi connectivity index (χ0v) is 42.6. The van der Waals surface area contributed by atoms with Gasteiger partial charge in [0, 0.05) is 82.6 Å². The van der Waals surface area contributed by atoms with Gasteiger partial charge >= 0.3 is 29.6 Å². The number of carboxylic acids is 1. The van der Waals surface area contributed by atoms with Crippen LogP contribution in [-0.4, -0.2) is 140 Å². The van der Waals surface area contributed by atoms with Crippen LogP contribution in [0.2, 0.25) is 0 Å². The Balaban J connectivity index is 0.00000661. The Bertz CT molecular complexity index is 1540. The zero-order valence-electron chi connectivity index (χ0n) is 40.6. The summed E-state index contributed by atoms with van der Waals surface area (Å²) in [5.74, 6) is -7.82. The fourth-order valence-electron chi connectivity index (χ4n) is 12.8. The molecule has 7 rings (SSSR count). The summed E-state index contributed by atoms with van der Waals surface area (Å²) in [6.07, 6.45) is 2.01. The first-order valence-corrected chi connectivity index (χ1v) is 23.7. The van der Waals surface area contributed by atoms with Crippen LogP contribution in [0.25, 0.3) is 0 Å². The third kappa shape index (κ3) is 9.90. The third-order valence-electron chi connectivity index (χ3n) is 16.8. The van der Waals surface area contributed by atoms with E-state index >= 15 is 0 Å². The van der Waals surface area contributed by atoms with Crippen molar-refractivity contribution in [1.29, 1.82) is 0 Å². The number of rotatable bonds is 12. The van der Waals surface area contributed by atoms with E-state index in [2.05, 4.69) is 27.7 Å². The van der Waals surface area contributed by atoms with Gasteiger partial charge in [-0.1, -0.05) is 48.5 Å². The van der Waals surface area contributed by atoms with Gasteiger partial charge in [-0.25, -0.2) is 0 Å². The molecule has 24 unspecified atom stereocenters. The van der Waals surface area contributed by atoms with Gasteiger partial charge in [-0.15, -0.1) is 0 Å². The van der Waals surface area contributed by atoms with Gasteiger partial charge in [0.25, 0.3) is 0 Å². The third-order valence-corrected chi connectivity index (χ3v) is 16.8. The van der Waals surface area contributed by atoms with Crippen molar-refractivity contribution in [3.05, 3.63) is 0 Å². The molecule has 0 radical (unpaired) electrons. The molecule has 2 N–H and O–H groups in total. The first-order chi connectivity index (χ1) is 29.1. The standard InChI is InChI=1S/C47H80O15.Na/c1-23-18-24(2)45(10,50)61-40(23)34-15-14-33(56-34)37-21-38(57-39-17-16-32(52-11)30(8)55-39)42(58-37)44(9)22-25(3)47(62-44)27(5)36(53-12)20-31(59-47)19-35-26(4)41(54-13)28(6)46(51,60-35)29(7)43(48)49;/h23-42,50-51H,14-22H2,1-13H3,(H,48,49);/q;+1/p-1. The summed E-state index contributed by atoms with van der Waals surface area (Å²) in [5, 5.41) is 35.0. The van der Waals surface area contributed by atoms with Crippen LogP contribution in [0.5, 0.6) is 0 Å². The molecule has 7 fully saturated rings. The van der Waals surface area contributed by atoms with Gasteiger partial charge in [-0.05, 0) is 58.8 Å². The van der Waals surface area contributed by atoms with Gasteiger partial charge < -0.3 is 72.2 Å². The second kappa shape index (κ2) is 20.1. The maximum absolute atomic E-state index is 12.1. The van der Waals surface area contributed by atoms with Gasteiger partial charge in [-0.3, -0.25) is 0 Å². The van der Waals surface area contributed by atoms with Gasteiger partial charge in [0.15, 0.2) is 23.7 Å². The van der Waals surface area contributed by atoms with Crippen molar-refractivity contribution >= 4 is 5.97 Å². The van der Waals surface area contributed by atoms with Crippen LogP contribution < -0.4 is 34.7 Å². The molecule has 0 aromatic rings. The number of carboxylic acid groups (broad SMARTS) is 1. The first-order valence-electron chi connectivity index (χ1n) is 23.7. The summed E-state index contributed by atoms with van der Waals surface area (Å²) in [7, 11) is 5.00. The van der Waals surface area contributed by atoms with Crippen molar-refractivity contribution in [2.75, 3.05) is 21.3 Å². The van der Waals surface area contributed by atoms with Crippen LogP contribution in [0.1, 0.15) is 127 Å². The van der Waals surface area contributed by atoms with Crippen molar-refractivity contribution in [3.63, 3.8) is 0 Å². The number of aliphatic hydroxyl groups is 2. The molecule has 0 aromatic heterocycles. The van der Waals surface area contributed by atoms with E-state index in [0.29, 0.717) is 32.1 Å². The van der Waals surface area contributed by atoms with Crippen molar-refractivity contribution in [1.82, 2.24) is 0 Å². The minimum Gasteiger partial charge on any atom is -0.550 e. The summed E-state index contributed by atoms with van der Waals surface area (Å²) >= 11 is 0. The normalized spacial score (nSPS) is 53.3. The van der Waals surface area contributed by atoms with Crippen molar-refractivity contribution in [3.8, 4) is 0 Å². The molecule has 63 heavy (non-hydrogen) atoms. The molecule has 0 amide bonds. The molecule has 0 bridgehead atoms. The summed E-state index contributed by atoms with van der Waals surface area (Å²) in [4.78, 5) is 12.1. The average molecular weight is 907 g/mol. The van der Waals surface area contributed by atoms with Crippen molar-refractivity contribution in [2.24, 2.45) is 41.4 Å². The molecule has 7 heterocycles. The molecule has 0 aromatic carbocycles. The number of hydrogen-bond acceptors (Lipinski definition) is 15. The molecule has 15 nitrogen and oxygen atoms in total. The summed E-state index contributed by atoms with van der Waals surface area (Å²) in [5.41, 5.74) is -0.855. The molecule has 16 heteroatoms. The maximum Gasteiger partial charge on any atom is 1.00 e. The number of hydrogen-bond donors (Lipinski definition) is 2. The Labute approximate surface area is 398 Å². The van der Waals surface area contributed by atoms with E-state index in [4.69, 9.17) is 52.1 Å². The Morgan fingerprint density at radius 2 is 1.44 bits per heavy atom. The fourth-order valence-corrected chi connectivity index (χ4v) is 12.8. The first kappa shape index (κ1) is 52.3. The van der Waals surface area contributed by atoms with Gasteiger partial charge in [0.1, 0.15) is 6.10 Å². The largest absolute Gasteiger partial charge is 1.00 e. The van der Waals surface area contributed by atoms with Gasteiger partial charge in [0.05, 0.1) is 78.7 Å². The summed E-state index contributed by atoms with van der Waals surface area (Å²) < 4.78 is 72.4. The minimum absolute atomic E-state index is 0. The molecule has 24 atom stereocenters. The summed E-state index contributed by atoms with van der Waals surface area (Å²) in [6, 6.07) is 0. The van der Waals surface area contributed by atoms with E-state index in [1.165, 1.54) is 6.92 Å². The van der Waals surface area contributed by atoms with E-state index in [1.54, 1.807) is 35.2 Å². The van der Waals surface area contributed by atoms with Crippen molar-refractivity contribution < 1.29 is 102 Å². The molecular formula is C47H79NaO15. The molecule has 0 aliphatic carbocycles. The topological polar surface area (TPSA) is 182 Å². The van der Waals surface area contributed by atoms with Crippen LogP contribution in [0, 0.1) is 41.4 Å². The molecule has 7 aliphatic heterocycles. The molecule has 358 valence electrons. The second-order valence-corrected chi connectivity index (χ2v) is 21.0. The number of carbonyl (C=O) groups excluding carboxylic acids is 1. The minimum atomic E-state index is -2.01. The average Bonchev–Trinajstić information content (AvgIpc) is 3.94.